The Morgan fingerprint density at radius 3 is 2.24 bits per heavy atom. The molecule has 1 amide bonds. The van der Waals surface area contributed by atoms with Crippen molar-refractivity contribution in [2.24, 2.45) is 0 Å². The fourth-order valence-corrected chi connectivity index (χ4v) is 4.19. The molecule has 0 radical (unpaired) electrons. The molecule has 0 aliphatic heterocycles. The minimum Gasteiger partial charge on any atom is -0.343 e. The molecule has 138 valence electrons. The van der Waals surface area contributed by atoms with E-state index in [9.17, 15) is 14.4 Å². The summed E-state index contributed by atoms with van der Waals surface area (Å²) in [5.74, 6) is 0.0815. The number of carbonyl (C=O) groups is 3. The molecule has 1 aliphatic carbocycles. The van der Waals surface area contributed by atoms with Gasteiger partial charge in [0.15, 0.2) is 5.78 Å². The maximum absolute atomic E-state index is 12.3. The zero-order chi connectivity index (χ0) is 18.2. The third-order valence-electron chi connectivity index (χ3n) is 5.03. The van der Waals surface area contributed by atoms with E-state index in [1.165, 1.54) is 37.0 Å². The Kier molecular flexibility index (Phi) is 7.82. The first kappa shape index (κ1) is 19.8. The second-order valence-corrected chi connectivity index (χ2v) is 8.31. The first-order valence-corrected chi connectivity index (χ1v) is 10.2. The number of Topliss-reactive ketones (excluding diaryl/α,β-unsaturated/α-hetero) is 2. The van der Waals surface area contributed by atoms with E-state index in [1.807, 2.05) is 31.0 Å². The summed E-state index contributed by atoms with van der Waals surface area (Å²) in [6, 6.07) is 4.06. The van der Waals surface area contributed by atoms with Gasteiger partial charge in [0.05, 0.1) is 4.88 Å². The molecular formula is C20H29NO3S. The van der Waals surface area contributed by atoms with Crippen LogP contribution in [0.1, 0.15) is 78.8 Å². The topological polar surface area (TPSA) is 54.5 Å². The van der Waals surface area contributed by atoms with Crippen molar-refractivity contribution in [1.82, 2.24) is 4.90 Å². The number of ketones is 2. The third-order valence-corrected chi connectivity index (χ3v) is 6.07. The number of carbonyl (C=O) groups excluding carboxylic acids is 3. The van der Waals surface area contributed by atoms with Gasteiger partial charge in [-0.2, -0.15) is 0 Å². The Balaban J connectivity index is 1.69. The monoisotopic (exact) mass is 363 g/mol. The fourth-order valence-electron chi connectivity index (χ4n) is 3.36. The SMILES string of the molecule is Cc1ccc(C(=O)CCC(=O)CCC(=O)N(C)C2CCCCCC2)s1. The Morgan fingerprint density at radius 1 is 1.00 bits per heavy atom. The van der Waals surface area contributed by atoms with E-state index in [2.05, 4.69) is 0 Å². The van der Waals surface area contributed by atoms with Crippen LogP contribution in [0, 0.1) is 6.92 Å². The van der Waals surface area contributed by atoms with Crippen molar-refractivity contribution < 1.29 is 14.4 Å². The van der Waals surface area contributed by atoms with Crippen molar-refractivity contribution >= 4 is 28.8 Å². The molecule has 0 unspecified atom stereocenters. The lowest BCUT2D eigenvalue weighted by Gasteiger charge is -2.27. The van der Waals surface area contributed by atoms with Gasteiger partial charge in [-0.3, -0.25) is 14.4 Å². The average molecular weight is 364 g/mol. The largest absolute Gasteiger partial charge is 0.343 e. The summed E-state index contributed by atoms with van der Waals surface area (Å²) in [6.45, 7) is 1.96. The zero-order valence-corrected chi connectivity index (χ0v) is 16.2. The lowest BCUT2D eigenvalue weighted by Crippen LogP contribution is -2.36. The summed E-state index contributed by atoms with van der Waals surface area (Å²) in [5, 5.41) is 0. The van der Waals surface area contributed by atoms with Gasteiger partial charge in [0.1, 0.15) is 5.78 Å². The smallest absolute Gasteiger partial charge is 0.223 e. The quantitative estimate of drug-likeness (QED) is 0.503. The molecule has 1 aromatic rings. The molecule has 1 heterocycles. The van der Waals surface area contributed by atoms with Crippen LogP contribution in [0.3, 0.4) is 0 Å². The van der Waals surface area contributed by atoms with Crippen LogP contribution < -0.4 is 0 Å². The van der Waals surface area contributed by atoms with E-state index < -0.39 is 0 Å². The summed E-state index contributed by atoms with van der Waals surface area (Å²) >= 11 is 1.47. The molecule has 0 N–H and O–H groups in total. The van der Waals surface area contributed by atoms with Gasteiger partial charge >= 0.3 is 0 Å². The molecule has 25 heavy (non-hydrogen) atoms. The van der Waals surface area contributed by atoms with Crippen molar-refractivity contribution in [3.05, 3.63) is 21.9 Å². The van der Waals surface area contributed by atoms with Gasteiger partial charge < -0.3 is 4.90 Å². The molecule has 0 aromatic carbocycles. The van der Waals surface area contributed by atoms with Gasteiger partial charge in [0.25, 0.3) is 0 Å². The predicted molar refractivity (Wildman–Crippen MR) is 101 cm³/mol. The van der Waals surface area contributed by atoms with Gasteiger partial charge in [-0.05, 0) is 31.9 Å². The lowest BCUT2D eigenvalue weighted by atomic mass is 10.0. The minimum absolute atomic E-state index is 0.00393. The number of hydrogen-bond acceptors (Lipinski definition) is 4. The van der Waals surface area contributed by atoms with E-state index >= 15 is 0 Å². The van der Waals surface area contributed by atoms with Gasteiger partial charge in [0.2, 0.25) is 5.91 Å². The highest BCUT2D eigenvalue weighted by atomic mass is 32.1. The summed E-state index contributed by atoms with van der Waals surface area (Å²) in [5.41, 5.74) is 0. The lowest BCUT2D eigenvalue weighted by molar-refractivity contribution is -0.134. The van der Waals surface area contributed by atoms with Crippen LogP contribution in [0.15, 0.2) is 12.1 Å². The number of amides is 1. The summed E-state index contributed by atoms with van der Waals surface area (Å²) in [6.07, 6.45) is 8.02. The molecule has 1 aromatic heterocycles. The van der Waals surface area contributed by atoms with Gasteiger partial charge in [-0.15, -0.1) is 11.3 Å². The Morgan fingerprint density at radius 2 is 1.64 bits per heavy atom. The highest BCUT2D eigenvalue weighted by Crippen LogP contribution is 2.22. The summed E-state index contributed by atoms with van der Waals surface area (Å²) in [7, 11) is 1.87. The van der Waals surface area contributed by atoms with E-state index in [0.29, 0.717) is 6.04 Å². The maximum atomic E-state index is 12.3. The van der Waals surface area contributed by atoms with Crippen LogP contribution in [0.5, 0.6) is 0 Å². The fraction of sp³-hybridized carbons (Fsp3) is 0.650. The van der Waals surface area contributed by atoms with Crippen molar-refractivity contribution in [3.8, 4) is 0 Å². The summed E-state index contributed by atoms with van der Waals surface area (Å²) in [4.78, 5) is 40.0. The van der Waals surface area contributed by atoms with Gasteiger partial charge in [0, 0.05) is 43.6 Å². The molecule has 1 fully saturated rings. The highest BCUT2D eigenvalue weighted by Gasteiger charge is 2.21. The molecule has 0 spiro atoms. The zero-order valence-electron chi connectivity index (χ0n) is 15.4. The first-order valence-electron chi connectivity index (χ1n) is 9.34. The van der Waals surface area contributed by atoms with E-state index in [0.717, 1.165) is 22.6 Å². The van der Waals surface area contributed by atoms with Crippen molar-refractivity contribution in [1.29, 1.82) is 0 Å². The van der Waals surface area contributed by atoms with E-state index in [-0.39, 0.29) is 43.2 Å². The second-order valence-electron chi connectivity index (χ2n) is 7.02. The molecule has 1 saturated carbocycles. The number of rotatable bonds is 8. The predicted octanol–water partition coefficient (Wildman–Crippen LogP) is 4.55. The number of aryl methyl sites for hydroxylation is 1. The first-order chi connectivity index (χ1) is 12.0. The third kappa shape index (κ3) is 6.38. The molecule has 0 saturated heterocycles. The highest BCUT2D eigenvalue weighted by molar-refractivity contribution is 7.14. The van der Waals surface area contributed by atoms with Crippen LogP contribution in [0.25, 0.3) is 0 Å². The van der Waals surface area contributed by atoms with E-state index in [1.54, 1.807) is 0 Å². The molecule has 1 aliphatic rings. The Labute approximate surface area is 154 Å². The Hall–Kier alpha value is -1.49. The minimum atomic E-state index is 0.00393. The molecule has 4 nitrogen and oxygen atoms in total. The van der Waals surface area contributed by atoms with Crippen molar-refractivity contribution in [2.45, 2.75) is 77.2 Å². The van der Waals surface area contributed by atoms with Gasteiger partial charge in [-0.25, -0.2) is 0 Å². The maximum Gasteiger partial charge on any atom is 0.223 e. The Bertz CT molecular complexity index is 600. The van der Waals surface area contributed by atoms with Crippen LogP contribution in [0.2, 0.25) is 0 Å². The van der Waals surface area contributed by atoms with Gasteiger partial charge in [-0.1, -0.05) is 25.7 Å². The number of hydrogen-bond donors (Lipinski definition) is 0. The molecule has 0 bridgehead atoms. The van der Waals surface area contributed by atoms with Crippen LogP contribution >= 0.6 is 11.3 Å². The molecule has 2 rings (SSSR count). The van der Waals surface area contributed by atoms with Crippen molar-refractivity contribution in [2.75, 3.05) is 7.05 Å². The van der Waals surface area contributed by atoms with Crippen LogP contribution in [0.4, 0.5) is 0 Å². The standard InChI is InChI=1S/C20H29NO3S/c1-15-9-13-19(25-15)18(23)12-10-17(22)11-14-20(24)21(2)16-7-5-3-4-6-8-16/h9,13,16H,3-8,10-12,14H2,1-2H3. The second kappa shape index (κ2) is 9.85. The molecular weight excluding hydrogens is 334 g/mol. The molecule has 5 heteroatoms. The average Bonchev–Trinajstić information content (AvgIpc) is 2.86. The van der Waals surface area contributed by atoms with Crippen molar-refractivity contribution in [3.63, 3.8) is 0 Å². The summed E-state index contributed by atoms with van der Waals surface area (Å²) < 4.78 is 0. The number of nitrogens with zero attached hydrogens (tertiary/aromatic N) is 1. The molecule has 0 atom stereocenters. The van der Waals surface area contributed by atoms with Crippen LogP contribution in [-0.2, 0) is 9.59 Å². The normalized spacial score (nSPS) is 15.6. The van der Waals surface area contributed by atoms with Crippen LogP contribution in [-0.4, -0.2) is 35.5 Å². The van der Waals surface area contributed by atoms with E-state index in [4.69, 9.17) is 0 Å². The number of thiophene rings is 1.